The van der Waals surface area contributed by atoms with Gasteiger partial charge in [0.1, 0.15) is 6.10 Å². The van der Waals surface area contributed by atoms with Crippen LogP contribution in [0.3, 0.4) is 0 Å². The van der Waals surface area contributed by atoms with E-state index in [2.05, 4.69) is 0 Å². The second-order valence-electron chi connectivity index (χ2n) is 5.00. The summed E-state index contributed by atoms with van der Waals surface area (Å²) in [6.07, 6.45) is -2.25. The van der Waals surface area contributed by atoms with Crippen molar-refractivity contribution >= 4 is 0 Å². The van der Waals surface area contributed by atoms with Crippen LogP contribution in [0.2, 0.25) is 0 Å². The number of ether oxygens (including phenoxy) is 3. The molecule has 0 bridgehead atoms. The summed E-state index contributed by atoms with van der Waals surface area (Å²) in [6, 6.07) is 4.97. The van der Waals surface area contributed by atoms with Gasteiger partial charge in [-0.05, 0) is 37.0 Å². The van der Waals surface area contributed by atoms with Crippen LogP contribution in [0.5, 0.6) is 0 Å². The summed E-state index contributed by atoms with van der Waals surface area (Å²) >= 11 is 0. The molecule has 1 aromatic rings. The summed E-state index contributed by atoms with van der Waals surface area (Å²) in [7, 11) is 1.53. The van der Waals surface area contributed by atoms with Crippen LogP contribution in [-0.2, 0) is 20.4 Å². The molecule has 3 nitrogen and oxygen atoms in total. The minimum atomic E-state index is -4.33. The molecular weight excluding hydrogens is 285 g/mol. The molecule has 1 unspecified atom stereocenters. The summed E-state index contributed by atoms with van der Waals surface area (Å²) in [4.78, 5) is 0. The molecule has 1 aromatic carbocycles. The second-order valence-corrected chi connectivity index (χ2v) is 5.00. The van der Waals surface area contributed by atoms with E-state index in [9.17, 15) is 13.2 Å². The molecule has 0 amide bonds. The van der Waals surface area contributed by atoms with E-state index >= 15 is 0 Å². The first-order valence-corrected chi connectivity index (χ1v) is 6.94. The molecule has 21 heavy (non-hydrogen) atoms. The maximum atomic E-state index is 12.6. The van der Waals surface area contributed by atoms with Crippen LogP contribution in [0.4, 0.5) is 13.2 Å². The van der Waals surface area contributed by atoms with Crippen LogP contribution in [-0.4, -0.2) is 26.6 Å². The molecule has 1 aliphatic rings. The van der Waals surface area contributed by atoms with Gasteiger partial charge in [0, 0.05) is 13.7 Å². The average Bonchev–Trinajstić information content (AvgIpc) is 2.47. The van der Waals surface area contributed by atoms with Crippen LogP contribution in [0.25, 0.3) is 0 Å². The molecule has 2 atom stereocenters. The largest absolute Gasteiger partial charge is 0.416 e. The summed E-state index contributed by atoms with van der Waals surface area (Å²) in [6.45, 7) is 0.919. The lowest BCUT2D eigenvalue weighted by atomic mass is 10.1. The van der Waals surface area contributed by atoms with E-state index in [1.54, 1.807) is 0 Å². The van der Waals surface area contributed by atoms with Crippen molar-refractivity contribution in [2.75, 3.05) is 20.3 Å². The molecule has 0 radical (unpaired) electrons. The first kappa shape index (κ1) is 16.3. The third-order valence-corrected chi connectivity index (χ3v) is 3.38. The number of rotatable bonds is 5. The first-order valence-electron chi connectivity index (χ1n) is 6.94. The first-order chi connectivity index (χ1) is 10.0. The summed E-state index contributed by atoms with van der Waals surface area (Å²) in [5.74, 6) is 0. The lowest BCUT2D eigenvalue weighted by Crippen LogP contribution is -2.26. The average molecular weight is 304 g/mol. The van der Waals surface area contributed by atoms with Crippen molar-refractivity contribution in [3.05, 3.63) is 35.4 Å². The van der Waals surface area contributed by atoms with Crippen molar-refractivity contribution in [1.29, 1.82) is 0 Å². The van der Waals surface area contributed by atoms with Gasteiger partial charge in [0.05, 0.1) is 12.2 Å². The monoisotopic (exact) mass is 304 g/mol. The van der Waals surface area contributed by atoms with Crippen molar-refractivity contribution in [3.63, 3.8) is 0 Å². The number of hydrogen-bond donors (Lipinski definition) is 0. The smallest absolute Gasteiger partial charge is 0.382 e. The molecule has 1 aliphatic heterocycles. The van der Waals surface area contributed by atoms with Crippen LogP contribution >= 0.6 is 0 Å². The highest BCUT2D eigenvalue weighted by Gasteiger charge is 2.30. The predicted molar refractivity (Wildman–Crippen MR) is 70.7 cm³/mol. The zero-order chi connectivity index (χ0) is 15.3. The molecule has 6 heteroatoms. The summed E-state index contributed by atoms with van der Waals surface area (Å²) in [5, 5.41) is 0. The molecular formula is C15H19F3O3. The number of benzene rings is 1. The molecule has 0 spiro atoms. The fourth-order valence-corrected chi connectivity index (χ4v) is 2.25. The second kappa shape index (κ2) is 7.24. The van der Waals surface area contributed by atoms with E-state index in [0.717, 1.165) is 31.4 Å². The Hall–Kier alpha value is -1.11. The maximum Gasteiger partial charge on any atom is 0.416 e. The molecule has 0 aromatic heterocycles. The van der Waals surface area contributed by atoms with Crippen molar-refractivity contribution in [2.24, 2.45) is 0 Å². The predicted octanol–water partition coefficient (Wildman–Crippen LogP) is 3.94. The van der Waals surface area contributed by atoms with Crippen molar-refractivity contribution in [2.45, 2.75) is 37.8 Å². The Kier molecular flexibility index (Phi) is 5.61. The van der Waals surface area contributed by atoms with Crippen LogP contribution in [0.1, 0.15) is 36.5 Å². The van der Waals surface area contributed by atoms with Crippen LogP contribution < -0.4 is 0 Å². The third-order valence-electron chi connectivity index (χ3n) is 3.38. The number of alkyl halides is 3. The van der Waals surface area contributed by atoms with Crippen molar-refractivity contribution in [3.8, 4) is 0 Å². The Bertz CT molecular complexity index is 425. The van der Waals surface area contributed by atoms with E-state index in [0.29, 0.717) is 12.2 Å². The van der Waals surface area contributed by atoms with Crippen LogP contribution in [0.15, 0.2) is 24.3 Å². The maximum absolute atomic E-state index is 12.6. The highest BCUT2D eigenvalue weighted by molar-refractivity contribution is 5.26. The third kappa shape index (κ3) is 4.69. The van der Waals surface area contributed by atoms with Gasteiger partial charge in [0.15, 0.2) is 6.29 Å². The zero-order valence-electron chi connectivity index (χ0n) is 11.9. The van der Waals surface area contributed by atoms with E-state index < -0.39 is 17.8 Å². The summed E-state index contributed by atoms with van der Waals surface area (Å²) < 4.78 is 54.1. The van der Waals surface area contributed by atoms with Gasteiger partial charge < -0.3 is 14.2 Å². The van der Waals surface area contributed by atoms with Gasteiger partial charge in [0.25, 0.3) is 0 Å². The topological polar surface area (TPSA) is 27.7 Å². The molecule has 1 saturated heterocycles. The van der Waals surface area contributed by atoms with Gasteiger partial charge in [-0.3, -0.25) is 0 Å². The Balaban J connectivity index is 2.06. The lowest BCUT2D eigenvalue weighted by Gasteiger charge is -2.27. The molecule has 0 N–H and O–H groups in total. The van der Waals surface area contributed by atoms with Gasteiger partial charge in [0.2, 0.25) is 0 Å². The summed E-state index contributed by atoms with van der Waals surface area (Å²) in [5.41, 5.74) is -0.0182. The SMILES string of the molecule is COC[C@H](OC1CCCCO1)c1ccc(C(F)(F)F)cc1. The van der Waals surface area contributed by atoms with Crippen LogP contribution in [0, 0.1) is 0 Å². The molecule has 2 rings (SSSR count). The zero-order valence-corrected chi connectivity index (χ0v) is 11.9. The Morgan fingerprint density at radius 2 is 1.95 bits per heavy atom. The van der Waals surface area contributed by atoms with E-state index in [-0.39, 0.29) is 12.9 Å². The molecule has 0 aliphatic carbocycles. The van der Waals surface area contributed by atoms with Gasteiger partial charge >= 0.3 is 6.18 Å². The quantitative estimate of drug-likeness (QED) is 0.825. The fraction of sp³-hybridized carbons (Fsp3) is 0.600. The molecule has 118 valence electrons. The van der Waals surface area contributed by atoms with Gasteiger partial charge in [-0.2, -0.15) is 13.2 Å². The van der Waals surface area contributed by atoms with E-state index in [1.165, 1.54) is 19.2 Å². The molecule has 0 saturated carbocycles. The molecule has 1 heterocycles. The lowest BCUT2D eigenvalue weighted by molar-refractivity contribution is -0.198. The standard InChI is InChI=1S/C15H19F3O3/c1-19-10-13(21-14-4-2-3-9-20-14)11-5-7-12(8-6-11)15(16,17)18/h5-8,13-14H,2-4,9-10H2,1H3/t13-,14?/m0/s1. The normalized spacial score (nSPS) is 21.2. The minimum absolute atomic E-state index is 0.269. The van der Waals surface area contributed by atoms with E-state index in [4.69, 9.17) is 14.2 Å². The highest BCUT2D eigenvalue weighted by Crippen LogP contribution is 2.31. The number of hydrogen-bond acceptors (Lipinski definition) is 3. The van der Waals surface area contributed by atoms with Crippen molar-refractivity contribution < 1.29 is 27.4 Å². The molecule has 1 fully saturated rings. The number of methoxy groups -OCH3 is 1. The Morgan fingerprint density at radius 3 is 2.48 bits per heavy atom. The van der Waals surface area contributed by atoms with Gasteiger partial charge in [-0.15, -0.1) is 0 Å². The highest BCUT2D eigenvalue weighted by atomic mass is 19.4. The van der Waals surface area contributed by atoms with E-state index in [1.807, 2.05) is 0 Å². The minimum Gasteiger partial charge on any atom is -0.382 e. The fourth-order valence-electron chi connectivity index (χ4n) is 2.25. The van der Waals surface area contributed by atoms with Gasteiger partial charge in [-0.1, -0.05) is 12.1 Å². The Labute approximate surface area is 122 Å². The van der Waals surface area contributed by atoms with Crippen molar-refractivity contribution in [1.82, 2.24) is 0 Å². The van der Waals surface area contributed by atoms with Gasteiger partial charge in [-0.25, -0.2) is 0 Å². The Morgan fingerprint density at radius 1 is 1.24 bits per heavy atom. The number of halogens is 3.